The number of phenols is 1. The lowest BCUT2D eigenvalue weighted by Crippen LogP contribution is -2.20. The number of aromatic nitrogens is 2. The maximum absolute atomic E-state index is 13.1. The molecule has 0 amide bonds. The van der Waals surface area contributed by atoms with Gasteiger partial charge in [-0.15, -0.1) is 0 Å². The fraction of sp³-hybridized carbons (Fsp3) is 0.200. The second-order valence-corrected chi connectivity index (χ2v) is 6.11. The van der Waals surface area contributed by atoms with E-state index in [2.05, 4.69) is 10.1 Å². The second-order valence-electron chi connectivity index (χ2n) is 6.11. The molecule has 1 aromatic heterocycles. The van der Waals surface area contributed by atoms with Crippen molar-refractivity contribution in [3.05, 3.63) is 81.5 Å². The molecular weight excluding hydrogens is 333 g/mol. The van der Waals surface area contributed by atoms with Crippen LogP contribution in [0.5, 0.6) is 5.75 Å². The number of aromatic amines is 1. The minimum Gasteiger partial charge on any atom is -0.508 e. The fourth-order valence-corrected chi connectivity index (χ4v) is 2.84. The normalized spacial score (nSPS) is 11.7. The van der Waals surface area contributed by atoms with E-state index in [1.807, 2.05) is 26.0 Å². The third kappa shape index (κ3) is 3.74. The Balaban J connectivity index is 1.80. The Kier molecular flexibility index (Phi) is 5.02. The number of rotatable bonds is 5. The number of halogens is 1. The molecule has 3 rings (SSSR count). The Bertz CT molecular complexity index is 983. The van der Waals surface area contributed by atoms with Crippen molar-refractivity contribution in [1.82, 2.24) is 9.78 Å². The van der Waals surface area contributed by atoms with Gasteiger partial charge in [0.25, 0.3) is 5.56 Å². The first-order valence-corrected chi connectivity index (χ1v) is 8.32. The molecule has 26 heavy (non-hydrogen) atoms. The van der Waals surface area contributed by atoms with Gasteiger partial charge in [0.1, 0.15) is 11.6 Å². The Hall–Kier alpha value is -3.15. The highest BCUT2D eigenvalue weighted by atomic mass is 19.1. The third-order valence-electron chi connectivity index (χ3n) is 4.20. The van der Waals surface area contributed by atoms with Gasteiger partial charge >= 0.3 is 0 Å². The fourth-order valence-electron chi connectivity index (χ4n) is 2.84. The molecule has 5 nitrogen and oxygen atoms in total. The Morgan fingerprint density at radius 2 is 1.81 bits per heavy atom. The summed E-state index contributed by atoms with van der Waals surface area (Å²) in [5.74, 6) is -0.116. The summed E-state index contributed by atoms with van der Waals surface area (Å²) in [5.41, 5.74) is 3.32. The van der Waals surface area contributed by atoms with Crippen molar-refractivity contribution in [3.63, 3.8) is 0 Å². The van der Waals surface area contributed by atoms with Gasteiger partial charge in [0.05, 0.1) is 11.3 Å². The SMILES string of the molecule is CC(=NCCc1ccc(O)cc1)c1c(C)[nH]n(-c2ccc(F)cc2)c1=O. The van der Waals surface area contributed by atoms with Crippen molar-refractivity contribution in [2.45, 2.75) is 20.3 Å². The van der Waals surface area contributed by atoms with Crippen LogP contribution >= 0.6 is 0 Å². The smallest absolute Gasteiger partial charge is 0.280 e. The number of hydrogen-bond acceptors (Lipinski definition) is 3. The molecule has 0 bridgehead atoms. The van der Waals surface area contributed by atoms with Crippen molar-refractivity contribution < 1.29 is 9.50 Å². The minimum absolute atomic E-state index is 0.208. The van der Waals surface area contributed by atoms with E-state index >= 15 is 0 Å². The standard InChI is InChI=1S/C20H20FN3O2/c1-13(22-12-11-15-3-9-18(25)10-4-15)19-14(2)23-24(20(19)26)17-7-5-16(21)6-8-17/h3-10,23,25H,11-12H2,1-2H3. The molecule has 0 fully saturated rings. The summed E-state index contributed by atoms with van der Waals surface area (Å²) >= 11 is 0. The lowest BCUT2D eigenvalue weighted by atomic mass is 10.1. The van der Waals surface area contributed by atoms with Crippen LogP contribution in [0.3, 0.4) is 0 Å². The first-order valence-electron chi connectivity index (χ1n) is 8.32. The van der Waals surface area contributed by atoms with Crippen LogP contribution in [0.4, 0.5) is 4.39 Å². The predicted octanol–water partition coefficient (Wildman–Crippen LogP) is 3.37. The number of H-pyrrole nitrogens is 1. The molecule has 2 aromatic carbocycles. The zero-order valence-corrected chi connectivity index (χ0v) is 14.7. The van der Waals surface area contributed by atoms with Crippen LogP contribution in [-0.4, -0.2) is 27.1 Å². The number of aliphatic imine (C=N–C) groups is 1. The zero-order valence-electron chi connectivity index (χ0n) is 14.7. The number of aromatic hydroxyl groups is 1. The molecule has 0 radical (unpaired) electrons. The molecule has 0 saturated carbocycles. The molecule has 0 aliphatic rings. The predicted molar refractivity (Wildman–Crippen MR) is 100.0 cm³/mol. The molecular formula is C20H20FN3O2. The highest BCUT2D eigenvalue weighted by Gasteiger charge is 2.14. The molecule has 0 aliphatic carbocycles. The Labute approximate surface area is 150 Å². The number of benzene rings is 2. The molecule has 0 aliphatic heterocycles. The maximum atomic E-state index is 13.1. The molecule has 0 unspecified atom stereocenters. The quantitative estimate of drug-likeness (QED) is 0.691. The monoisotopic (exact) mass is 353 g/mol. The van der Waals surface area contributed by atoms with E-state index in [1.165, 1.54) is 16.8 Å². The summed E-state index contributed by atoms with van der Waals surface area (Å²) in [5, 5.41) is 12.3. The minimum atomic E-state index is -0.350. The van der Waals surface area contributed by atoms with Crippen LogP contribution in [0.1, 0.15) is 23.7 Å². The summed E-state index contributed by atoms with van der Waals surface area (Å²) in [4.78, 5) is 17.2. The first kappa shape index (κ1) is 17.7. The third-order valence-corrected chi connectivity index (χ3v) is 4.20. The highest BCUT2D eigenvalue weighted by molar-refractivity contribution is 5.99. The van der Waals surface area contributed by atoms with Crippen LogP contribution in [0, 0.1) is 12.7 Å². The first-order chi connectivity index (χ1) is 12.5. The van der Waals surface area contributed by atoms with Crippen LogP contribution in [0.25, 0.3) is 5.69 Å². The van der Waals surface area contributed by atoms with Crippen LogP contribution in [-0.2, 0) is 6.42 Å². The number of nitrogens with zero attached hydrogens (tertiary/aromatic N) is 2. The average Bonchev–Trinajstić information content (AvgIpc) is 2.92. The van der Waals surface area contributed by atoms with Crippen molar-refractivity contribution in [2.24, 2.45) is 4.99 Å². The van der Waals surface area contributed by atoms with Gasteiger partial charge in [-0.2, -0.15) is 0 Å². The van der Waals surface area contributed by atoms with Crippen LogP contribution in [0.2, 0.25) is 0 Å². The second kappa shape index (κ2) is 7.39. The highest BCUT2D eigenvalue weighted by Crippen LogP contribution is 2.11. The molecule has 0 spiro atoms. The summed E-state index contributed by atoms with van der Waals surface area (Å²) in [6, 6.07) is 12.7. The molecule has 0 saturated heterocycles. The number of hydrogen-bond donors (Lipinski definition) is 2. The lowest BCUT2D eigenvalue weighted by molar-refractivity contribution is 0.475. The van der Waals surface area contributed by atoms with Gasteiger partial charge in [0, 0.05) is 18.0 Å². The molecule has 134 valence electrons. The van der Waals surface area contributed by atoms with Gasteiger partial charge in [0.15, 0.2) is 0 Å². The molecule has 2 N–H and O–H groups in total. The average molecular weight is 353 g/mol. The van der Waals surface area contributed by atoms with E-state index in [0.717, 1.165) is 5.56 Å². The summed E-state index contributed by atoms with van der Waals surface area (Å²) in [6.07, 6.45) is 0.716. The van der Waals surface area contributed by atoms with Crippen molar-refractivity contribution in [3.8, 4) is 11.4 Å². The van der Waals surface area contributed by atoms with Gasteiger partial charge < -0.3 is 5.11 Å². The molecule has 6 heteroatoms. The van der Waals surface area contributed by atoms with Gasteiger partial charge in [0.2, 0.25) is 0 Å². The number of phenolic OH excluding ortho intramolecular Hbond substituents is 1. The maximum Gasteiger partial charge on any atom is 0.280 e. The Morgan fingerprint density at radius 3 is 2.46 bits per heavy atom. The van der Waals surface area contributed by atoms with Gasteiger partial charge in [-0.05, 0) is 62.2 Å². The number of aryl methyl sites for hydroxylation is 1. The zero-order chi connectivity index (χ0) is 18.7. The summed E-state index contributed by atoms with van der Waals surface area (Å²) in [7, 11) is 0. The van der Waals surface area contributed by atoms with E-state index < -0.39 is 0 Å². The molecule has 0 atom stereocenters. The lowest BCUT2D eigenvalue weighted by Gasteiger charge is -2.01. The van der Waals surface area contributed by atoms with Crippen molar-refractivity contribution in [1.29, 1.82) is 0 Å². The van der Waals surface area contributed by atoms with Crippen molar-refractivity contribution in [2.75, 3.05) is 6.54 Å². The van der Waals surface area contributed by atoms with E-state index in [-0.39, 0.29) is 17.1 Å². The van der Waals surface area contributed by atoms with Gasteiger partial charge in [-0.25, -0.2) is 9.07 Å². The van der Waals surface area contributed by atoms with E-state index in [4.69, 9.17) is 0 Å². The summed E-state index contributed by atoms with van der Waals surface area (Å²) in [6.45, 7) is 4.16. The van der Waals surface area contributed by atoms with Crippen LogP contribution < -0.4 is 5.56 Å². The molecule has 3 aromatic rings. The van der Waals surface area contributed by atoms with Gasteiger partial charge in [-0.1, -0.05) is 12.1 Å². The topological polar surface area (TPSA) is 70.4 Å². The van der Waals surface area contributed by atoms with E-state index in [9.17, 15) is 14.3 Å². The largest absolute Gasteiger partial charge is 0.508 e. The van der Waals surface area contributed by atoms with E-state index in [0.29, 0.717) is 35.6 Å². The van der Waals surface area contributed by atoms with E-state index in [1.54, 1.807) is 24.3 Å². The van der Waals surface area contributed by atoms with Crippen molar-refractivity contribution >= 4 is 5.71 Å². The Morgan fingerprint density at radius 1 is 1.15 bits per heavy atom. The molecule has 1 heterocycles. The van der Waals surface area contributed by atoms with Crippen LogP contribution in [0.15, 0.2) is 58.3 Å². The summed E-state index contributed by atoms with van der Waals surface area (Å²) < 4.78 is 14.5. The number of nitrogens with one attached hydrogen (secondary N) is 1. The van der Waals surface area contributed by atoms with Gasteiger partial charge in [-0.3, -0.25) is 14.9 Å².